The Morgan fingerprint density at radius 1 is 1.06 bits per heavy atom. The van der Waals surface area contributed by atoms with Gasteiger partial charge in [-0.2, -0.15) is 0 Å². The molecule has 0 bridgehead atoms. The summed E-state index contributed by atoms with van der Waals surface area (Å²) in [6.45, 7) is 11.0. The highest BCUT2D eigenvalue weighted by molar-refractivity contribution is 5.82. The Hall–Kier alpha value is -1.26. The van der Waals surface area contributed by atoms with Crippen molar-refractivity contribution in [1.29, 1.82) is 0 Å². The van der Waals surface area contributed by atoms with Crippen LogP contribution in [0.3, 0.4) is 0 Å². The Balaban J connectivity index is 5.04. The number of carbonyl (C=O) groups is 2. The number of hydrogen-bond donors (Lipinski definition) is 0. The lowest BCUT2D eigenvalue weighted by Crippen LogP contribution is -2.51. The molecule has 0 N–H and O–H groups in total. The van der Waals surface area contributed by atoms with Crippen molar-refractivity contribution in [2.24, 2.45) is 5.41 Å². The van der Waals surface area contributed by atoms with E-state index in [-0.39, 0.29) is 0 Å². The molecule has 106 valence electrons. The van der Waals surface area contributed by atoms with Gasteiger partial charge in [-0.05, 0) is 26.2 Å². The van der Waals surface area contributed by atoms with Crippen LogP contribution in [-0.4, -0.2) is 42.8 Å². The fraction of sp³-hybridized carbons (Fsp3) is 0.846. The average Bonchev–Trinajstić information content (AvgIpc) is 2.12. The van der Waals surface area contributed by atoms with Gasteiger partial charge in [0.25, 0.3) is 0 Å². The molecule has 0 saturated carbocycles. The van der Waals surface area contributed by atoms with Gasteiger partial charge in [0.2, 0.25) is 0 Å². The van der Waals surface area contributed by atoms with Gasteiger partial charge in [-0.15, -0.1) is 0 Å². The van der Waals surface area contributed by atoms with Crippen LogP contribution in [0.1, 0.15) is 41.5 Å². The fourth-order valence-electron chi connectivity index (χ4n) is 1.64. The quantitative estimate of drug-likeness (QED) is 0.715. The molecule has 0 aliphatic carbocycles. The van der Waals surface area contributed by atoms with Crippen molar-refractivity contribution < 1.29 is 19.1 Å². The molecule has 1 amide bonds. The third-order valence-corrected chi connectivity index (χ3v) is 2.31. The Bertz CT molecular complexity index is 312. The summed E-state index contributed by atoms with van der Waals surface area (Å²) in [6.07, 6.45) is -0.534. The molecule has 1 atom stereocenters. The van der Waals surface area contributed by atoms with Crippen LogP contribution in [0.15, 0.2) is 0 Å². The number of carbonyl (C=O) groups excluding carboxylic acids is 2. The van der Waals surface area contributed by atoms with Gasteiger partial charge in [0, 0.05) is 7.05 Å². The molecule has 0 aromatic rings. The Morgan fingerprint density at radius 2 is 1.50 bits per heavy atom. The minimum absolute atomic E-state index is 0.432. The molecule has 0 aromatic carbocycles. The van der Waals surface area contributed by atoms with Crippen LogP contribution in [0.25, 0.3) is 0 Å². The van der Waals surface area contributed by atoms with Gasteiger partial charge in [0.1, 0.15) is 11.6 Å². The smallest absolute Gasteiger partial charge is 0.410 e. The van der Waals surface area contributed by atoms with E-state index in [9.17, 15) is 9.59 Å². The molecule has 5 nitrogen and oxygen atoms in total. The molecule has 0 aliphatic rings. The van der Waals surface area contributed by atoms with Crippen molar-refractivity contribution in [3.8, 4) is 0 Å². The van der Waals surface area contributed by atoms with E-state index in [1.54, 1.807) is 27.8 Å². The van der Waals surface area contributed by atoms with Crippen LogP contribution in [0.2, 0.25) is 0 Å². The van der Waals surface area contributed by atoms with E-state index in [0.717, 1.165) is 0 Å². The second-order valence-electron chi connectivity index (χ2n) is 6.38. The molecular weight excluding hydrogens is 234 g/mol. The largest absolute Gasteiger partial charge is 0.467 e. The molecule has 5 heteroatoms. The van der Waals surface area contributed by atoms with Crippen molar-refractivity contribution in [3.05, 3.63) is 0 Å². The summed E-state index contributed by atoms with van der Waals surface area (Å²) in [5.74, 6) is -0.448. The minimum atomic E-state index is -0.683. The first-order valence-electron chi connectivity index (χ1n) is 5.94. The van der Waals surface area contributed by atoms with E-state index in [1.807, 2.05) is 20.8 Å². The number of likely N-dealkylation sites (N-methyl/N-ethyl adjacent to an activating group) is 1. The topological polar surface area (TPSA) is 55.8 Å². The molecule has 0 radical (unpaired) electrons. The number of esters is 1. The van der Waals surface area contributed by atoms with Crippen molar-refractivity contribution in [1.82, 2.24) is 4.90 Å². The monoisotopic (exact) mass is 259 g/mol. The maximum atomic E-state index is 12.0. The highest BCUT2D eigenvalue weighted by Crippen LogP contribution is 2.26. The van der Waals surface area contributed by atoms with Gasteiger partial charge in [0.05, 0.1) is 7.11 Å². The Kier molecular flexibility index (Phi) is 5.20. The second kappa shape index (κ2) is 5.59. The molecule has 0 rings (SSSR count). The first kappa shape index (κ1) is 16.7. The lowest BCUT2D eigenvalue weighted by molar-refractivity contribution is -0.150. The summed E-state index contributed by atoms with van der Waals surface area (Å²) in [5.41, 5.74) is -1.03. The molecule has 0 spiro atoms. The predicted octanol–water partition coefficient (Wildman–Crippen LogP) is 2.44. The van der Waals surface area contributed by atoms with E-state index in [4.69, 9.17) is 9.47 Å². The van der Waals surface area contributed by atoms with E-state index >= 15 is 0 Å². The second-order valence-corrected chi connectivity index (χ2v) is 6.38. The number of nitrogens with zero attached hydrogens (tertiary/aromatic N) is 1. The van der Waals surface area contributed by atoms with Crippen molar-refractivity contribution >= 4 is 12.1 Å². The third-order valence-electron chi connectivity index (χ3n) is 2.31. The maximum absolute atomic E-state index is 12.0. The minimum Gasteiger partial charge on any atom is -0.467 e. The zero-order chi connectivity index (χ0) is 14.7. The predicted molar refractivity (Wildman–Crippen MR) is 69.3 cm³/mol. The molecular formula is C13H25NO4. The third kappa shape index (κ3) is 4.94. The zero-order valence-corrected chi connectivity index (χ0v) is 12.7. The van der Waals surface area contributed by atoms with Crippen molar-refractivity contribution in [3.63, 3.8) is 0 Å². The van der Waals surface area contributed by atoms with Gasteiger partial charge >= 0.3 is 12.1 Å². The summed E-state index contributed by atoms with van der Waals surface area (Å²) in [7, 11) is 2.85. The van der Waals surface area contributed by atoms with E-state index in [2.05, 4.69) is 0 Å². The van der Waals surface area contributed by atoms with Gasteiger partial charge in [0.15, 0.2) is 0 Å². The average molecular weight is 259 g/mol. The van der Waals surface area contributed by atoms with Gasteiger partial charge in [-0.25, -0.2) is 9.59 Å². The Morgan fingerprint density at radius 3 is 1.78 bits per heavy atom. The number of methoxy groups -OCH3 is 1. The van der Waals surface area contributed by atoms with Crippen LogP contribution >= 0.6 is 0 Å². The normalized spacial score (nSPS) is 13.8. The first-order chi connectivity index (χ1) is 7.90. The summed E-state index contributed by atoms with van der Waals surface area (Å²) >= 11 is 0. The van der Waals surface area contributed by atoms with Crippen molar-refractivity contribution in [2.75, 3.05) is 14.2 Å². The molecule has 0 aromatic heterocycles. The number of hydrogen-bond acceptors (Lipinski definition) is 4. The summed E-state index contributed by atoms with van der Waals surface area (Å²) < 4.78 is 10.0. The van der Waals surface area contributed by atoms with E-state index in [1.165, 1.54) is 12.0 Å². The van der Waals surface area contributed by atoms with Gasteiger partial charge < -0.3 is 9.47 Å². The van der Waals surface area contributed by atoms with Crippen LogP contribution in [0.5, 0.6) is 0 Å². The summed E-state index contributed by atoms with van der Waals surface area (Å²) in [6, 6.07) is -0.683. The SMILES string of the molecule is COC(=O)[C@@H](N(C)C(=O)OC(C)(C)C)C(C)(C)C. The standard InChI is InChI=1S/C13H25NO4/c1-12(2,3)9(10(15)17-8)14(7)11(16)18-13(4,5)6/h9H,1-8H3/t9-/m1/s1. The highest BCUT2D eigenvalue weighted by atomic mass is 16.6. The van der Waals surface area contributed by atoms with Crippen LogP contribution < -0.4 is 0 Å². The lowest BCUT2D eigenvalue weighted by Gasteiger charge is -2.36. The number of ether oxygens (including phenoxy) is 2. The number of rotatable bonds is 2. The Labute approximate surface area is 109 Å². The highest BCUT2D eigenvalue weighted by Gasteiger charge is 2.39. The summed E-state index contributed by atoms with van der Waals surface area (Å²) in [5, 5.41) is 0. The van der Waals surface area contributed by atoms with Gasteiger partial charge in [-0.1, -0.05) is 20.8 Å². The molecule has 0 aliphatic heterocycles. The molecule has 0 saturated heterocycles. The number of amides is 1. The fourth-order valence-corrected chi connectivity index (χ4v) is 1.64. The van der Waals surface area contributed by atoms with Gasteiger partial charge in [-0.3, -0.25) is 4.90 Å². The van der Waals surface area contributed by atoms with Crippen LogP contribution in [0, 0.1) is 5.41 Å². The van der Waals surface area contributed by atoms with Crippen LogP contribution in [-0.2, 0) is 14.3 Å². The first-order valence-corrected chi connectivity index (χ1v) is 5.94. The van der Waals surface area contributed by atoms with E-state index < -0.39 is 29.1 Å². The maximum Gasteiger partial charge on any atom is 0.410 e. The molecule has 18 heavy (non-hydrogen) atoms. The van der Waals surface area contributed by atoms with E-state index in [0.29, 0.717) is 0 Å². The summed E-state index contributed by atoms with van der Waals surface area (Å²) in [4.78, 5) is 25.1. The molecule has 0 fully saturated rings. The molecule has 0 heterocycles. The van der Waals surface area contributed by atoms with Crippen LogP contribution in [0.4, 0.5) is 4.79 Å². The zero-order valence-electron chi connectivity index (χ0n) is 12.7. The van der Waals surface area contributed by atoms with Crippen molar-refractivity contribution in [2.45, 2.75) is 53.2 Å². The lowest BCUT2D eigenvalue weighted by atomic mass is 9.86. The molecule has 0 unspecified atom stereocenters.